The lowest BCUT2D eigenvalue weighted by molar-refractivity contribution is -0.114. The number of hydrogen-bond donors (Lipinski definition) is 3. The van der Waals surface area contributed by atoms with Crippen LogP contribution in [0.15, 0.2) is 70.9 Å². The summed E-state index contributed by atoms with van der Waals surface area (Å²) in [6, 6.07) is 19.8. The van der Waals surface area contributed by atoms with Gasteiger partial charge < -0.3 is 9.90 Å². The molecule has 0 radical (unpaired) electrons. The molecule has 0 bridgehead atoms. The molecule has 0 aromatic heterocycles. The second kappa shape index (κ2) is 13.8. The van der Waals surface area contributed by atoms with E-state index in [4.69, 9.17) is 5.84 Å². The molecule has 0 saturated carbocycles. The number of rotatable bonds is 5. The van der Waals surface area contributed by atoms with Crippen LogP contribution in [0.3, 0.4) is 0 Å². The van der Waals surface area contributed by atoms with E-state index in [-0.39, 0.29) is 5.78 Å². The number of ketones is 1. The number of benzene rings is 2. The molecule has 2 aromatic rings. The van der Waals surface area contributed by atoms with E-state index in [1.165, 1.54) is 19.4 Å². The number of aliphatic hydroxyl groups is 1. The van der Waals surface area contributed by atoms with Gasteiger partial charge in [-0.25, -0.2) is 0 Å². The first-order valence-corrected chi connectivity index (χ1v) is 8.34. The average molecular weight is 358 g/mol. The second-order valence-electron chi connectivity index (χ2n) is 6.15. The number of nitrogens with zero attached hydrogens (tertiary/aromatic N) is 2. The molecule has 6 heteroatoms. The van der Waals surface area contributed by atoms with Gasteiger partial charge in [-0.1, -0.05) is 60.7 Å². The van der Waals surface area contributed by atoms with Crippen molar-refractivity contribution in [3.63, 3.8) is 0 Å². The third kappa shape index (κ3) is 16.4. The molecule has 6 nitrogen and oxygen atoms in total. The third-order valence-electron chi connectivity index (χ3n) is 2.56. The standard InChI is InChI=1S/C10H14N2O.C7H10N2.C3H6O/c1-10(2,13)12-11-8-9-6-4-3-5-7-9;8-9-6-7-4-2-1-3-5-7;1-3(2)4/h3-7,13H,8H2,1-2H3;1-5,9H,6,8H2;1-2H3. The van der Waals surface area contributed by atoms with Crippen molar-refractivity contribution in [3.8, 4) is 0 Å². The summed E-state index contributed by atoms with van der Waals surface area (Å²) in [6.07, 6.45) is 0. The Balaban J connectivity index is 0.000000416. The highest BCUT2D eigenvalue weighted by molar-refractivity contribution is 5.72. The topological polar surface area (TPSA) is 100 Å². The van der Waals surface area contributed by atoms with Crippen molar-refractivity contribution in [2.75, 3.05) is 0 Å². The maximum Gasteiger partial charge on any atom is 0.170 e. The highest BCUT2D eigenvalue weighted by Crippen LogP contribution is 2.06. The van der Waals surface area contributed by atoms with Crippen molar-refractivity contribution in [2.24, 2.45) is 16.1 Å². The van der Waals surface area contributed by atoms with E-state index in [2.05, 4.69) is 15.7 Å². The lowest BCUT2D eigenvalue weighted by Gasteiger charge is -2.07. The van der Waals surface area contributed by atoms with E-state index < -0.39 is 5.72 Å². The van der Waals surface area contributed by atoms with Gasteiger partial charge in [0.05, 0.1) is 6.54 Å². The van der Waals surface area contributed by atoms with Gasteiger partial charge in [-0.3, -0.25) is 11.3 Å². The molecule has 4 N–H and O–H groups in total. The summed E-state index contributed by atoms with van der Waals surface area (Å²) in [4.78, 5) is 9.44. The van der Waals surface area contributed by atoms with Gasteiger partial charge in [-0.05, 0) is 38.8 Å². The van der Waals surface area contributed by atoms with Gasteiger partial charge in [0, 0.05) is 6.54 Å². The molecule has 0 saturated heterocycles. The summed E-state index contributed by atoms with van der Waals surface area (Å²) in [5.41, 5.74) is 3.82. The molecular weight excluding hydrogens is 328 g/mol. The first-order valence-electron chi connectivity index (χ1n) is 8.34. The molecule has 0 spiro atoms. The van der Waals surface area contributed by atoms with Gasteiger partial charge in [-0.2, -0.15) is 10.2 Å². The Hall–Kier alpha value is -2.41. The molecule has 2 rings (SSSR count). The minimum Gasteiger partial charge on any atom is -0.368 e. The lowest BCUT2D eigenvalue weighted by Crippen LogP contribution is -2.20. The zero-order valence-electron chi connectivity index (χ0n) is 16.0. The first kappa shape index (κ1) is 23.6. The molecule has 0 fully saturated rings. The Bertz CT molecular complexity index is 619. The number of hydrazine groups is 1. The Labute approximate surface area is 156 Å². The van der Waals surface area contributed by atoms with E-state index in [1.54, 1.807) is 13.8 Å². The predicted octanol–water partition coefficient (Wildman–Crippen LogP) is 3.61. The Morgan fingerprint density at radius 1 is 1.00 bits per heavy atom. The van der Waals surface area contributed by atoms with Crippen molar-refractivity contribution in [3.05, 3.63) is 71.8 Å². The minimum absolute atomic E-state index is 0.167. The molecule has 0 aliphatic rings. The van der Waals surface area contributed by atoms with Crippen LogP contribution in [0, 0.1) is 0 Å². The van der Waals surface area contributed by atoms with Crippen LogP contribution in [0.25, 0.3) is 0 Å². The van der Waals surface area contributed by atoms with Gasteiger partial charge in [0.2, 0.25) is 0 Å². The van der Waals surface area contributed by atoms with Crippen molar-refractivity contribution < 1.29 is 9.90 Å². The average Bonchev–Trinajstić information content (AvgIpc) is 2.56. The van der Waals surface area contributed by atoms with Gasteiger partial charge >= 0.3 is 0 Å². The van der Waals surface area contributed by atoms with E-state index in [9.17, 15) is 9.90 Å². The minimum atomic E-state index is -1.06. The van der Waals surface area contributed by atoms with Gasteiger partial charge in [0.25, 0.3) is 0 Å². The Morgan fingerprint density at radius 3 is 1.81 bits per heavy atom. The van der Waals surface area contributed by atoms with Crippen molar-refractivity contribution in [2.45, 2.75) is 46.5 Å². The largest absolute Gasteiger partial charge is 0.368 e. The lowest BCUT2D eigenvalue weighted by atomic mass is 10.2. The van der Waals surface area contributed by atoms with Crippen LogP contribution < -0.4 is 11.3 Å². The predicted molar refractivity (Wildman–Crippen MR) is 105 cm³/mol. The van der Waals surface area contributed by atoms with E-state index in [1.807, 2.05) is 60.7 Å². The van der Waals surface area contributed by atoms with Crippen LogP contribution in [-0.2, 0) is 17.9 Å². The van der Waals surface area contributed by atoms with Crippen molar-refractivity contribution >= 4 is 5.78 Å². The van der Waals surface area contributed by atoms with Crippen LogP contribution in [0.2, 0.25) is 0 Å². The molecule has 142 valence electrons. The van der Waals surface area contributed by atoms with Crippen molar-refractivity contribution in [1.82, 2.24) is 5.43 Å². The first-order chi connectivity index (χ1) is 12.2. The number of nitrogens with two attached hydrogens (primary N) is 1. The van der Waals surface area contributed by atoms with Gasteiger partial charge in [0.1, 0.15) is 5.78 Å². The summed E-state index contributed by atoms with van der Waals surface area (Å²) < 4.78 is 0. The maximum absolute atomic E-state index is 9.44. The summed E-state index contributed by atoms with van der Waals surface area (Å²) in [5.74, 6) is 5.28. The molecule has 0 unspecified atom stereocenters. The van der Waals surface area contributed by atoms with E-state index >= 15 is 0 Å². The molecule has 0 amide bonds. The Morgan fingerprint density at radius 2 is 1.42 bits per heavy atom. The summed E-state index contributed by atoms with van der Waals surface area (Å²) in [6.45, 7) is 7.51. The summed E-state index contributed by atoms with van der Waals surface area (Å²) in [5, 5.41) is 16.9. The third-order valence-corrected chi connectivity index (χ3v) is 2.56. The number of nitrogens with one attached hydrogen (secondary N) is 1. The van der Waals surface area contributed by atoms with E-state index in [0.717, 1.165) is 12.1 Å². The van der Waals surface area contributed by atoms with E-state index in [0.29, 0.717) is 6.54 Å². The number of carbonyl (C=O) groups excluding carboxylic acids is 1. The van der Waals surface area contributed by atoms with Gasteiger partial charge in [-0.15, -0.1) is 0 Å². The van der Waals surface area contributed by atoms with Crippen LogP contribution >= 0.6 is 0 Å². The smallest absolute Gasteiger partial charge is 0.170 e. The fourth-order valence-electron chi connectivity index (χ4n) is 1.59. The number of azo groups is 1. The number of carbonyl (C=O) groups is 1. The molecule has 2 aromatic carbocycles. The van der Waals surface area contributed by atoms with Crippen LogP contribution in [-0.4, -0.2) is 16.6 Å². The van der Waals surface area contributed by atoms with Gasteiger partial charge in [0.15, 0.2) is 5.72 Å². The summed E-state index contributed by atoms with van der Waals surface area (Å²) >= 11 is 0. The van der Waals surface area contributed by atoms with Crippen LogP contribution in [0.1, 0.15) is 38.8 Å². The molecule has 0 heterocycles. The quantitative estimate of drug-likeness (QED) is 0.432. The second-order valence-corrected chi connectivity index (χ2v) is 6.15. The van der Waals surface area contributed by atoms with Crippen LogP contribution in [0.4, 0.5) is 0 Å². The summed E-state index contributed by atoms with van der Waals surface area (Å²) in [7, 11) is 0. The maximum atomic E-state index is 9.44. The number of hydrogen-bond acceptors (Lipinski definition) is 6. The SMILES string of the molecule is CC(C)(O)N=NCc1ccccc1.CC(C)=O.NNCc1ccccc1. The molecule has 26 heavy (non-hydrogen) atoms. The molecule has 0 aliphatic carbocycles. The molecule has 0 aliphatic heterocycles. The number of Topliss-reactive ketones (excluding diaryl/α,β-unsaturated/α-hetero) is 1. The zero-order chi connectivity index (χ0) is 19.8. The fourth-order valence-corrected chi connectivity index (χ4v) is 1.59. The van der Waals surface area contributed by atoms with Crippen LogP contribution in [0.5, 0.6) is 0 Å². The molecule has 0 atom stereocenters. The normalized spacial score (nSPS) is 10.4. The monoisotopic (exact) mass is 358 g/mol. The Kier molecular flexibility index (Phi) is 12.6. The van der Waals surface area contributed by atoms with Crippen molar-refractivity contribution in [1.29, 1.82) is 0 Å². The molecular formula is C20H30N4O2. The highest BCUT2D eigenvalue weighted by atomic mass is 16.3. The fraction of sp³-hybridized carbons (Fsp3) is 0.350. The zero-order valence-corrected chi connectivity index (χ0v) is 16.0. The highest BCUT2D eigenvalue weighted by Gasteiger charge is 2.08.